The van der Waals surface area contributed by atoms with E-state index in [4.69, 9.17) is 0 Å². The molecule has 2 aromatic carbocycles. The van der Waals surface area contributed by atoms with E-state index in [-0.39, 0.29) is 0 Å². The van der Waals surface area contributed by atoms with Gasteiger partial charge in [-0.25, -0.2) is 0 Å². The molecule has 0 aliphatic rings. The van der Waals surface area contributed by atoms with Crippen LogP contribution >= 0.6 is 0 Å². The molecule has 0 saturated carbocycles. The Morgan fingerprint density at radius 3 is 1.21 bits per heavy atom. The van der Waals surface area contributed by atoms with Gasteiger partial charge in [0.1, 0.15) is 0 Å². The maximum atomic E-state index is 2.28. The lowest BCUT2D eigenvalue weighted by molar-refractivity contribution is 0.837. The molecule has 0 fully saturated rings. The van der Waals surface area contributed by atoms with Crippen LogP contribution in [0.4, 0.5) is 0 Å². The minimum atomic E-state index is 0.632. The summed E-state index contributed by atoms with van der Waals surface area (Å²) in [4.78, 5) is 0. The summed E-state index contributed by atoms with van der Waals surface area (Å²) in [6, 6.07) is 8.71. The maximum absolute atomic E-state index is 2.28. The van der Waals surface area contributed by atoms with Crippen molar-refractivity contribution in [2.24, 2.45) is 0 Å². The van der Waals surface area contributed by atoms with Crippen LogP contribution in [-0.4, -0.2) is 0 Å². The highest BCUT2D eigenvalue weighted by atomic mass is 14.2. The standard InChI is InChI=1S/C14H22.C10H14/c1-8(2)14-12(6)10(4)9(3)11(5)13(14)7;1-8(2)10-6-4-9(3)5-7-10/h8H,1-7H3;4-8H,1-3H3. The Morgan fingerprint density at radius 2 is 0.875 bits per heavy atom. The van der Waals surface area contributed by atoms with E-state index in [9.17, 15) is 0 Å². The van der Waals surface area contributed by atoms with Crippen LogP contribution in [0.5, 0.6) is 0 Å². The van der Waals surface area contributed by atoms with E-state index in [1.165, 1.54) is 38.9 Å². The fraction of sp³-hybridized carbons (Fsp3) is 0.500. The number of hydrogen-bond donors (Lipinski definition) is 0. The molecule has 2 rings (SSSR count). The monoisotopic (exact) mass is 324 g/mol. The lowest BCUT2D eigenvalue weighted by Gasteiger charge is -2.21. The lowest BCUT2D eigenvalue weighted by Crippen LogP contribution is -2.04. The molecule has 0 bridgehead atoms. The van der Waals surface area contributed by atoms with E-state index in [1.807, 2.05) is 0 Å². The van der Waals surface area contributed by atoms with Crippen molar-refractivity contribution in [2.45, 2.75) is 81.1 Å². The van der Waals surface area contributed by atoms with Crippen LogP contribution in [0.15, 0.2) is 24.3 Å². The Kier molecular flexibility index (Phi) is 7.27. The normalized spacial score (nSPS) is 10.8. The molecule has 0 N–H and O–H groups in total. The molecule has 0 unspecified atom stereocenters. The van der Waals surface area contributed by atoms with Gasteiger partial charge in [0.25, 0.3) is 0 Å². The zero-order valence-corrected chi connectivity index (χ0v) is 17.5. The van der Waals surface area contributed by atoms with Crippen LogP contribution in [0.3, 0.4) is 0 Å². The Hall–Kier alpha value is -1.56. The quantitative estimate of drug-likeness (QED) is 0.537. The smallest absolute Gasteiger partial charge is 0.0213 e. The Morgan fingerprint density at radius 1 is 0.500 bits per heavy atom. The molecule has 0 saturated heterocycles. The van der Waals surface area contributed by atoms with Gasteiger partial charge in [0.05, 0.1) is 0 Å². The SMILES string of the molecule is Cc1c(C)c(C)c(C(C)C)c(C)c1C.Cc1ccc(C(C)C)cc1. The van der Waals surface area contributed by atoms with Crippen LogP contribution in [0.25, 0.3) is 0 Å². The first kappa shape index (κ1) is 20.5. The molecule has 0 atom stereocenters. The molecule has 2 aromatic rings. The summed E-state index contributed by atoms with van der Waals surface area (Å²) in [5.74, 6) is 1.29. The van der Waals surface area contributed by atoms with Gasteiger partial charge in [-0.15, -0.1) is 0 Å². The average Bonchev–Trinajstić information content (AvgIpc) is 2.52. The summed E-state index contributed by atoms with van der Waals surface area (Å²) < 4.78 is 0. The van der Waals surface area contributed by atoms with Crippen molar-refractivity contribution >= 4 is 0 Å². The number of benzene rings is 2. The van der Waals surface area contributed by atoms with Crippen LogP contribution < -0.4 is 0 Å². The van der Waals surface area contributed by atoms with E-state index in [1.54, 1.807) is 5.56 Å². The van der Waals surface area contributed by atoms with Gasteiger partial charge in [-0.05, 0) is 92.3 Å². The third-order valence-corrected chi connectivity index (χ3v) is 5.38. The van der Waals surface area contributed by atoms with Crippen LogP contribution in [-0.2, 0) is 0 Å². The maximum Gasteiger partial charge on any atom is -0.0213 e. The van der Waals surface area contributed by atoms with Crippen LogP contribution in [0, 0.1) is 41.5 Å². The largest absolute Gasteiger partial charge is 0.0590 e. The molecule has 0 aliphatic heterocycles. The molecule has 132 valence electrons. The first-order valence-corrected chi connectivity index (χ1v) is 9.21. The summed E-state index contributed by atoms with van der Waals surface area (Å²) in [5.41, 5.74) is 11.7. The predicted octanol–water partition coefficient (Wildman–Crippen LogP) is 7.47. The Balaban J connectivity index is 0.000000254. The van der Waals surface area contributed by atoms with E-state index < -0.39 is 0 Å². The highest BCUT2D eigenvalue weighted by molar-refractivity contribution is 5.50. The van der Waals surface area contributed by atoms with Crippen molar-refractivity contribution in [1.29, 1.82) is 0 Å². The van der Waals surface area contributed by atoms with E-state index in [0.29, 0.717) is 11.8 Å². The summed E-state index contributed by atoms with van der Waals surface area (Å²) in [6.45, 7) is 22.3. The second-order valence-corrected chi connectivity index (χ2v) is 7.76. The number of aryl methyl sites for hydroxylation is 1. The number of hydrogen-bond acceptors (Lipinski definition) is 0. The zero-order chi connectivity index (χ0) is 18.6. The average molecular weight is 325 g/mol. The van der Waals surface area contributed by atoms with E-state index in [2.05, 4.69) is 93.5 Å². The third kappa shape index (κ3) is 4.72. The summed E-state index contributed by atoms with van der Waals surface area (Å²) in [6.07, 6.45) is 0. The van der Waals surface area contributed by atoms with Gasteiger partial charge < -0.3 is 0 Å². The van der Waals surface area contributed by atoms with Crippen molar-refractivity contribution in [3.8, 4) is 0 Å². The third-order valence-electron chi connectivity index (χ3n) is 5.38. The molecule has 0 radical (unpaired) electrons. The highest BCUT2D eigenvalue weighted by Crippen LogP contribution is 2.30. The van der Waals surface area contributed by atoms with E-state index >= 15 is 0 Å². The van der Waals surface area contributed by atoms with Gasteiger partial charge in [-0.1, -0.05) is 57.5 Å². The molecular formula is C24H36. The molecule has 0 aromatic heterocycles. The Labute approximate surface area is 150 Å². The van der Waals surface area contributed by atoms with Crippen LogP contribution in [0.2, 0.25) is 0 Å². The molecule has 0 aliphatic carbocycles. The van der Waals surface area contributed by atoms with Gasteiger partial charge in [0, 0.05) is 0 Å². The second kappa shape index (κ2) is 8.51. The van der Waals surface area contributed by atoms with Gasteiger partial charge >= 0.3 is 0 Å². The first-order valence-electron chi connectivity index (χ1n) is 9.21. The summed E-state index contributed by atoms with van der Waals surface area (Å²) in [5, 5.41) is 0. The van der Waals surface area contributed by atoms with Crippen molar-refractivity contribution in [3.63, 3.8) is 0 Å². The fourth-order valence-corrected chi connectivity index (χ4v) is 3.35. The first-order chi connectivity index (χ1) is 11.1. The van der Waals surface area contributed by atoms with Gasteiger partial charge in [-0.2, -0.15) is 0 Å². The minimum Gasteiger partial charge on any atom is -0.0590 e. The van der Waals surface area contributed by atoms with Crippen molar-refractivity contribution in [3.05, 3.63) is 68.8 Å². The van der Waals surface area contributed by atoms with Gasteiger partial charge in [-0.3, -0.25) is 0 Å². The molecule has 24 heavy (non-hydrogen) atoms. The highest BCUT2D eigenvalue weighted by Gasteiger charge is 2.13. The van der Waals surface area contributed by atoms with Crippen molar-refractivity contribution in [2.75, 3.05) is 0 Å². The lowest BCUT2D eigenvalue weighted by atomic mass is 9.85. The van der Waals surface area contributed by atoms with Crippen molar-refractivity contribution < 1.29 is 0 Å². The topological polar surface area (TPSA) is 0 Å². The van der Waals surface area contributed by atoms with Gasteiger partial charge in [0.15, 0.2) is 0 Å². The number of rotatable bonds is 2. The molecular weight excluding hydrogens is 288 g/mol. The van der Waals surface area contributed by atoms with Gasteiger partial charge in [0.2, 0.25) is 0 Å². The van der Waals surface area contributed by atoms with E-state index in [0.717, 1.165) is 0 Å². The summed E-state index contributed by atoms with van der Waals surface area (Å²) >= 11 is 0. The summed E-state index contributed by atoms with van der Waals surface area (Å²) in [7, 11) is 0. The molecule has 0 heterocycles. The van der Waals surface area contributed by atoms with Crippen molar-refractivity contribution in [1.82, 2.24) is 0 Å². The molecule has 0 nitrogen and oxygen atoms in total. The van der Waals surface area contributed by atoms with Crippen LogP contribution in [0.1, 0.15) is 84.0 Å². The molecule has 0 spiro atoms. The molecule has 0 heteroatoms. The Bertz CT molecular complexity index is 641. The second-order valence-electron chi connectivity index (χ2n) is 7.76. The predicted molar refractivity (Wildman–Crippen MR) is 109 cm³/mol. The zero-order valence-electron chi connectivity index (χ0n) is 17.5. The minimum absolute atomic E-state index is 0.632. The fourth-order valence-electron chi connectivity index (χ4n) is 3.35. The molecule has 0 amide bonds.